The molecule has 0 aliphatic carbocycles. The van der Waals surface area contributed by atoms with Gasteiger partial charge in [-0.3, -0.25) is 4.79 Å². The Kier molecular flexibility index (Phi) is 6.65. The fourth-order valence-electron chi connectivity index (χ4n) is 2.94. The Morgan fingerprint density at radius 1 is 1.23 bits per heavy atom. The molecule has 13 heteroatoms. The summed E-state index contributed by atoms with van der Waals surface area (Å²) in [7, 11) is -3.88. The maximum Gasteiger partial charge on any atom is 0.433 e. The summed E-state index contributed by atoms with van der Waals surface area (Å²) in [4.78, 5) is 17.8. The van der Waals surface area contributed by atoms with Gasteiger partial charge in [-0.1, -0.05) is 0 Å². The molecule has 1 amide bonds. The lowest BCUT2D eigenvalue weighted by Crippen LogP contribution is -2.44. The van der Waals surface area contributed by atoms with Crippen LogP contribution in [-0.2, 0) is 21.0 Å². The zero-order chi connectivity index (χ0) is 22.6. The number of alkyl halides is 3. The van der Waals surface area contributed by atoms with E-state index in [4.69, 9.17) is 15.2 Å². The Balaban J connectivity index is 1.69. The molecule has 1 fully saturated rings. The normalized spacial score (nSPS) is 17.8. The number of aromatic nitrogens is 2. The van der Waals surface area contributed by atoms with Gasteiger partial charge in [-0.25, -0.2) is 13.4 Å². The second-order valence-corrected chi connectivity index (χ2v) is 8.63. The summed E-state index contributed by atoms with van der Waals surface area (Å²) in [6, 6.07) is 5.70. The monoisotopic (exact) mass is 460 g/mol. The van der Waals surface area contributed by atoms with Crippen molar-refractivity contribution in [3.05, 3.63) is 42.2 Å². The standard InChI is InChI=1S/C18H19F3N4O5S/c19-18(20,21)15-7-8-23-17(24-15)30-13-2-1-9-25(10-13)31(27,28)14-5-3-12(4-6-14)29-11-16(22)26/h3-8,13H,1-2,9-11H2,(H2,22,26). The molecule has 1 aromatic carbocycles. The van der Waals surface area contributed by atoms with Gasteiger partial charge in [0.2, 0.25) is 10.0 Å². The van der Waals surface area contributed by atoms with E-state index in [9.17, 15) is 26.4 Å². The van der Waals surface area contributed by atoms with E-state index in [1.54, 1.807) is 0 Å². The Hall–Kier alpha value is -2.93. The number of hydrogen-bond donors (Lipinski definition) is 1. The SMILES string of the molecule is NC(=O)COc1ccc(S(=O)(=O)N2CCCC(Oc3nccc(C(F)(F)F)n3)C2)cc1. The van der Waals surface area contributed by atoms with Crippen LogP contribution in [0.15, 0.2) is 41.4 Å². The van der Waals surface area contributed by atoms with Crippen molar-refractivity contribution < 1.29 is 35.9 Å². The average molecular weight is 460 g/mol. The van der Waals surface area contributed by atoms with E-state index in [0.29, 0.717) is 12.8 Å². The summed E-state index contributed by atoms with van der Waals surface area (Å²) in [5.74, 6) is -0.389. The highest BCUT2D eigenvalue weighted by atomic mass is 32.2. The van der Waals surface area contributed by atoms with E-state index in [2.05, 4.69) is 9.97 Å². The molecule has 1 saturated heterocycles. The molecule has 2 N–H and O–H groups in total. The third-order valence-corrected chi connectivity index (χ3v) is 6.26. The van der Waals surface area contributed by atoms with Crippen LogP contribution in [0.3, 0.4) is 0 Å². The van der Waals surface area contributed by atoms with Crippen LogP contribution >= 0.6 is 0 Å². The van der Waals surface area contributed by atoms with Crippen molar-refractivity contribution in [1.29, 1.82) is 0 Å². The highest BCUT2D eigenvalue weighted by Crippen LogP contribution is 2.29. The second kappa shape index (κ2) is 9.06. The molecule has 1 atom stereocenters. The van der Waals surface area contributed by atoms with Crippen molar-refractivity contribution >= 4 is 15.9 Å². The minimum atomic E-state index is -4.64. The molecule has 0 spiro atoms. The van der Waals surface area contributed by atoms with Gasteiger partial charge in [-0.2, -0.15) is 22.5 Å². The molecule has 0 saturated carbocycles. The van der Waals surface area contributed by atoms with Crippen molar-refractivity contribution in [3.63, 3.8) is 0 Å². The van der Waals surface area contributed by atoms with Crippen LogP contribution in [0, 0.1) is 0 Å². The number of nitrogens with zero attached hydrogens (tertiary/aromatic N) is 3. The van der Waals surface area contributed by atoms with Crippen molar-refractivity contribution in [2.24, 2.45) is 5.73 Å². The van der Waals surface area contributed by atoms with Crippen LogP contribution in [0.4, 0.5) is 13.2 Å². The highest BCUT2D eigenvalue weighted by molar-refractivity contribution is 7.89. The first-order chi connectivity index (χ1) is 14.6. The van der Waals surface area contributed by atoms with Crippen LogP contribution in [0.25, 0.3) is 0 Å². The van der Waals surface area contributed by atoms with Gasteiger partial charge in [0.25, 0.3) is 5.91 Å². The van der Waals surface area contributed by atoms with Crippen LogP contribution in [0.2, 0.25) is 0 Å². The average Bonchev–Trinajstić information content (AvgIpc) is 2.72. The smallest absolute Gasteiger partial charge is 0.433 e. The molecule has 3 rings (SSSR count). The van der Waals surface area contributed by atoms with E-state index in [0.717, 1.165) is 12.3 Å². The molecule has 1 aliphatic rings. The van der Waals surface area contributed by atoms with E-state index in [1.807, 2.05) is 0 Å². The summed E-state index contributed by atoms with van der Waals surface area (Å²) in [5.41, 5.74) is 3.85. The van der Waals surface area contributed by atoms with E-state index in [1.165, 1.54) is 28.6 Å². The third-order valence-electron chi connectivity index (χ3n) is 4.38. The maximum atomic E-state index is 12.9. The minimum Gasteiger partial charge on any atom is -0.484 e. The van der Waals surface area contributed by atoms with Gasteiger partial charge in [-0.15, -0.1) is 0 Å². The number of halogens is 3. The van der Waals surface area contributed by atoms with Gasteiger partial charge in [0.05, 0.1) is 11.4 Å². The molecule has 1 unspecified atom stereocenters. The lowest BCUT2D eigenvalue weighted by atomic mass is 10.1. The van der Waals surface area contributed by atoms with Crippen LogP contribution in [-0.4, -0.2) is 54.4 Å². The predicted octanol–water partition coefficient (Wildman–Crippen LogP) is 1.59. The molecule has 168 valence electrons. The number of rotatable bonds is 7. The van der Waals surface area contributed by atoms with E-state index < -0.39 is 39.9 Å². The number of carbonyl (C=O) groups is 1. The molecular formula is C18H19F3N4O5S. The maximum absolute atomic E-state index is 12.9. The van der Waals surface area contributed by atoms with Gasteiger partial charge >= 0.3 is 12.2 Å². The van der Waals surface area contributed by atoms with Crippen LogP contribution in [0.5, 0.6) is 11.8 Å². The molecular weight excluding hydrogens is 441 g/mol. The van der Waals surface area contributed by atoms with Gasteiger partial charge in [0, 0.05) is 12.7 Å². The Bertz CT molecular complexity index is 1030. The lowest BCUT2D eigenvalue weighted by molar-refractivity contribution is -0.141. The molecule has 1 aliphatic heterocycles. The van der Waals surface area contributed by atoms with Crippen molar-refractivity contribution in [1.82, 2.24) is 14.3 Å². The fourth-order valence-corrected chi connectivity index (χ4v) is 4.45. The highest BCUT2D eigenvalue weighted by Gasteiger charge is 2.34. The first-order valence-electron chi connectivity index (χ1n) is 9.14. The number of amides is 1. The zero-order valence-electron chi connectivity index (χ0n) is 16.1. The van der Waals surface area contributed by atoms with Crippen molar-refractivity contribution in [2.75, 3.05) is 19.7 Å². The Labute approximate surface area is 176 Å². The summed E-state index contributed by atoms with van der Waals surface area (Å²) in [6.45, 7) is -0.178. The molecule has 2 heterocycles. The summed E-state index contributed by atoms with van der Waals surface area (Å²) < 4.78 is 76.0. The summed E-state index contributed by atoms with van der Waals surface area (Å²) in [5, 5.41) is 0. The van der Waals surface area contributed by atoms with Crippen LogP contribution < -0.4 is 15.2 Å². The van der Waals surface area contributed by atoms with Crippen molar-refractivity contribution in [3.8, 4) is 11.8 Å². The van der Waals surface area contributed by atoms with Gasteiger partial charge < -0.3 is 15.2 Å². The van der Waals surface area contributed by atoms with E-state index in [-0.39, 0.29) is 30.3 Å². The van der Waals surface area contributed by atoms with Crippen molar-refractivity contribution in [2.45, 2.75) is 30.0 Å². The number of carbonyl (C=O) groups excluding carboxylic acids is 1. The predicted molar refractivity (Wildman–Crippen MR) is 101 cm³/mol. The number of primary amides is 1. The molecule has 9 nitrogen and oxygen atoms in total. The Morgan fingerprint density at radius 2 is 1.94 bits per heavy atom. The zero-order valence-corrected chi connectivity index (χ0v) is 16.9. The molecule has 0 radical (unpaired) electrons. The molecule has 31 heavy (non-hydrogen) atoms. The first kappa shape index (κ1) is 22.7. The number of sulfonamides is 1. The fraction of sp³-hybridized carbons (Fsp3) is 0.389. The third kappa shape index (κ3) is 5.82. The molecule has 2 aromatic rings. The summed E-state index contributed by atoms with van der Waals surface area (Å²) >= 11 is 0. The summed E-state index contributed by atoms with van der Waals surface area (Å²) in [6.07, 6.45) is -3.53. The number of benzene rings is 1. The number of nitrogens with two attached hydrogens (primary N) is 1. The number of hydrogen-bond acceptors (Lipinski definition) is 7. The number of piperidine rings is 1. The topological polar surface area (TPSA) is 125 Å². The van der Waals surface area contributed by atoms with Crippen LogP contribution in [0.1, 0.15) is 18.5 Å². The quantitative estimate of drug-likeness (QED) is 0.665. The molecule has 1 aromatic heterocycles. The van der Waals surface area contributed by atoms with Gasteiger partial charge in [0.1, 0.15) is 11.9 Å². The number of ether oxygens (including phenoxy) is 2. The van der Waals surface area contributed by atoms with Gasteiger partial charge in [-0.05, 0) is 43.2 Å². The first-order valence-corrected chi connectivity index (χ1v) is 10.6. The Morgan fingerprint density at radius 3 is 2.58 bits per heavy atom. The second-order valence-electron chi connectivity index (χ2n) is 6.69. The van der Waals surface area contributed by atoms with Gasteiger partial charge in [0.15, 0.2) is 12.3 Å². The largest absolute Gasteiger partial charge is 0.484 e. The minimum absolute atomic E-state index is 0.00473. The molecule has 0 bridgehead atoms. The van der Waals surface area contributed by atoms with E-state index >= 15 is 0 Å². The lowest BCUT2D eigenvalue weighted by Gasteiger charge is -2.31.